The molecule has 1 saturated heterocycles. The van der Waals surface area contributed by atoms with E-state index in [0.717, 1.165) is 6.42 Å². The summed E-state index contributed by atoms with van der Waals surface area (Å²) in [6.45, 7) is 5.42. The summed E-state index contributed by atoms with van der Waals surface area (Å²) in [6, 6.07) is 0.0941. The molecule has 0 spiro atoms. The van der Waals surface area contributed by atoms with Crippen molar-refractivity contribution in [1.82, 2.24) is 15.1 Å². The summed E-state index contributed by atoms with van der Waals surface area (Å²) < 4.78 is 0. The fourth-order valence-corrected chi connectivity index (χ4v) is 2.45. The number of hydrogen-bond acceptors (Lipinski definition) is 3. The zero-order chi connectivity index (χ0) is 15.3. The molecule has 2 N–H and O–H groups in total. The molecule has 1 rings (SSSR count). The highest BCUT2D eigenvalue weighted by molar-refractivity contribution is 5.78. The standard InChI is InChI=1S/C14H27N3O3/c1-5-14(12(18)19)7-6-8-17(10-14)13(20)15-9-11(2)16(3)4/h11H,5-10H2,1-4H3,(H,15,20)(H,18,19). The van der Waals surface area contributed by atoms with Gasteiger partial charge in [-0.25, -0.2) is 4.79 Å². The molecule has 0 bridgehead atoms. The lowest BCUT2D eigenvalue weighted by Gasteiger charge is -2.39. The van der Waals surface area contributed by atoms with E-state index >= 15 is 0 Å². The summed E-state index contributed by atoms with van der Waals surface area (Å²) >= 11 is 0. The van der Waals surface area contributed by atoms with Crippen molar-refractivity contribution in [3.05, 3.63) is 0 Å². The molecule has 1 heterocycles. The fraction of sp³-hybridized carbons (Fsp3) is 0.857. The third-order valence-corrected chi connectivity index (χ3v) is 4.42. The molecular weight excluding hydrogens is 258 g/mol. The molecule has 2 atom stereocenters. The molecule has 6 heteroatoms. The van der Waals surface area contributed by atoms with Gasteiger partial charge in [0.25, 0.3) is 0 Å². The highest BCUT2D eigenvalue weighted by Crippen LogP contribution is 2.33. The topological polar surface area (TPSA) is 72.9 Å². The van der Waals surface area contributed by atoms with Crippen LogP contribution in [0.25, 0.3) is 0 Å². The molecule has 0 radical (unpaired) electrons. The molecule has 0 aromatic carbocycles. The number of aliphatic carboxylic acids is 1. The van der Waals surface area contributed by atoms with Gasteiger partial charge in [-0.3, -0.25) is 4.79 Å². The molecular formula is C14H27N3O3. The molecule has 1 fully saturated rings. The van der Waals surface area contributed by atoms with E-state index in [0.29, 0.717) is 32.5 Å². The first kappa shape index (κ1) is 16.8. The van der Waals surface area contributed by atoms with Crippen molar-refractivity contribution in [2.75, 3.05) is 33.7 Å². The zero-order valence-corrected chi connectivity index (χ0v) is 13.0. The maximum atomic E-state index is 12.2. The number of amides is 2. The van der Waals surface area contributed by atoms with Crippen LogP contribution < -0.4 is 5.32 Å². The van der Waals surface area contributed by atoms with Gasteiger partial charge in [-0.15, -0.1) is 0 Å². The Morgan fingerprint density at radius 2 is 2.10 bits per heavy atom. The Bertz CT molecular complexity index is 360. The first-order valence-corrected chi connectivity index (χ1v) is 7.25. The Balaban J connectivity index is 2.58. The minimum atomic E-state index is -0.792. The summed E-state index contributed by atoms with van der Waals surface area (Å²) in [7, 11) is 3.93. The van der Waals surface area contributed by atoms with Gasteiger partial charge in [0.15, 0.2) is 0 Å². The van der Waals surface area contributed by atoms with Crippen molar-refractivity contribution >= 4 is 12.0 Å². The number of carbonyl (C=O) groups excluding carboxylic acids is 1. The average Bonchev–Trinajstić information content (AvgIpc) is 2.43. The van der Waals surface area contributed by atoms with Gasteiger partial charge in [0.1, 0.15) is 0 Å². The van der Waals surface area contributed by atoms with Crippen molar-refractivity contribution in [3.63, 3.8) is 0 Å². The van der Waals surface area contributed by atoms with E-state index in [9.17, 15) is 14.7 Å². The lowest BCUT2D eigenvalue weighted by molar-refractivity contribution is -0.152. The minimum absolute atomic E-state index is 0.155. The van der Waals surface area contributed by atoms with Gasteiger partial charge < -0.3 is 20.2 Å². The highest BCUT2D eigenvalue weighted by atomic mass is 16.4. The van der Waals surface area contributed by atoms with Crippen LogP contribution >= 0.6 is 0 Å². The number of carbonyl (C=O) groups is 2. The van der Waals surface area contributed by atoms with Gasteiger partial charge in [-0.1, -0.05) is 6.92 Å². The van der Waals surface area contributed by atoms with Crippen molar-refractivity contribution in [3.8, 4) is 0 Å². The Hall–Kier alpha value is -1.30. The molecule has 0 saturated carbocycles. The van der Waals surface area contributed by atoms with Crippen LogP contribution in [0.2, 0.25) is 0 Å². The van der Waals surface area contributed by atoms with Gasteiger partial charge in [0.2, 0.25) is 0 Å². The number of likely N-dealkylation sites (N-methyl/N-ethyl adjacent to an activating group) is 1. The van der Waals surface area contributed by atoms with E-state index < -0.39 is 11.4 Å². The van der Waals surface area contributed by atoms with Crippen LogP contribution in [0.3, 0.4) is 0 Å². The lowest BCUT2D eigenvalue weighted by Crippen LogP contribution is -2.53. The number of rotatable bonds is 5. The number of piperidine rings is 1. The number of hydrogen-bond donors (Lipinski definition) is 2. The second-order valence-corrected chi connectivity index (χ2v) is 5.96. The molecule has 0 aromatic heterocycles. The molecule has 116 valence electrons. The Morgan fingerprint density at radius 3 is 2.60 bits per heavy atom. The molecule has 6 nitrogen and oxygen atoms in total. The normalized spacial score (nSPS) is 24.6. The first-order chi connectivity index (χ1) is 9.32. The lowest BCUT2D eigenvalue weighted by atomic mass is 9.78. The number of likely N-dealkylation sites (tertiary alicyclic amines) is 1. The molecule has 0 aliphatic carbocycles. The van der Waals surface area contributed by atoms with Gasteiger partial charge >= 0.3 is 12.0 Å². The number of nitrogens with one attached hydrogen (secondary N) is 1. The zero-order valence-electron chi connectivity index (χ0n) is 13.0. The number of nitrogens with zero attached hydrogens (tertiary/aromatic N) is 2. The Morgan fingerprint density at radius 1 is 1.45 bits per heavy atom. The quantitative estimate of drug-likeness (QED) is 0.796. The smallest absolute Gasteiger partial charge is 0.317 e. The Kier molecular flexibility index (Phi) is 5.80. The van der Waals surface area contributed by atoms with Crippen molar-refractivity contribution < 1.29 is 14.7 Å². The molecule has 2 unspecified atom stereocenters. The Labute approximate surface area is 121 Å². The van der Waals surface area contributed by atoms with Crippen LogP contribution in [0, 0.1) is 5.41 Å². The molecule has 0 aromatic rings. The van der Waals surface area contributed by atoms with E-state index in [-0.39, 0.29) is 12.1 Å². The van der Waals surface area contributed by atoms with E-state index in [4.69, 9.17) is 0 Å². The molecule has 2 amide bonds. The van der Waals surface area contributed by atoms with Gasteiger partial charge in [0, 0.05) is 25.7 Å². The molecule has 1 aliphatic rings. The fourth-order valence-electron chi connectivity index (χ4n) is 2.45. The van der Waals surface area contributed by atoms with E-state index in [1.165, 1.54) is 0 Å². The van der Waals surface area contributed by atoms with Crippen molar-refractivity contribution in [1.29, 1.82) is 0 Å². The van der Waals surface area contributed by atoms with E-state index in [1.54, 1.807) is 4.90 Å². The SMILES string of the molecule is CCC1(C(=O)O)CCCN(C(=O)NCC(C)N(C)C)C1. The first-order valence-electron chi connectivity index (χ1n) is 7.25. The molecule has 20 heavy (non-hydrogen) atoms. The number of urea groups is 1. The number of carboxylic acids is 1. The van der Waals surface area contributed by atoms with Gasteiger partial charge in [0.05, 0.1) is 5.41 Å². The van der Waals surface area contributed by atoms with Crippen LogP contribution in [0.4, 0.5) is 4.79 Å². The third-order valence-electron chi connectivity index (χ3n) is 4.42. The van der Waals surface area contributed by atoms with Gasteiger partial charge in [-0.05, 0) is 40.3 Å². The van der Waals surface area contributed by atoms with E-state index in [1.807, 2.05) is 32.8 Å². The van der Waals surface area contributed by atoms with Crippen molar-refractivity contribution in [2.24, 2.45) is 5.41 Å². The summed E-state index contributed by atoms with van der Waals surface area (Å²) in [5.41, 5.74) is -0.775. The summed E-state index contributed by atoms with van der Waals surface area (Å²) in [5.74, 6) is -0.792. The van der Waals surface area contributed by atoms with Crippen LogP contribution in [0.15, 0.2) is 0 Å². The largest absolute Gasteiger partial charge is 0.481 e. The second-order valence-electron chi connectivity index (χ2n) is 5.96. The molecule has 1 aliphatic heterocycles. The minimum Gasteiger partial charge on any atom is -0.481 e. The maximum Gasteiger partial charge on any atom is 0.317 e. The third kappa shape index (κ3) is 3.85. The maximum absolute atomic E-state index is 12.2. The number of carboxylic acid groups (broad SMARTS) is 1. The summed E-state index contributed by atoms with van der Waals surface area (Å²) in [6.07, 6.45) is 1.95. The van der Waals surface area contributed by atoms with Crippen molar-refractivity contribution in [2.45, 2.75) is 39.2 Å². The predicted octanol–water partition coefficient (Wildman–Crippen LogP) is 1.22. The average molecular weight is 285 g/mol. The van der Waals surface area contributed by atoms with Crippen LogP contribution in [-0.4, -0.2) is 66.7 Å². The monoisotopic (exact) mass is 285 g/mol. The highest BCUT2D eigenvalue weighted by Gasteiger charge is 2.42. The van der Waals surface area contributed by atoms with Crippen LogP contribution in [0.1, 0.15) is 33.1 Å². The predicted molar refractivity (Wildman–Crippen MR) is 77.7 cm³/mol. The summed E-state index contributed by atoms with van der Waals surface area (Å²) in [5, 5.41) is 12.3. The van der Waals surface area contributed by atoms with E-state index in [2.05, 4.69) is 5.32 Å². The van der Waals surface area contributed by atoms with Gasteiger partial charge in [-0.2, -0.15) is 0 Å². The van der Waals surface area contributed by atoms with Crippen LogP contribution in [-0.2, 0) is 4.79 Å². The van der Waals surface area contributed by atoms with Crippen LogP contribution in [0.5, 0.6) is 0 Å². The second kappa shape index (κ2) is 6.92. The summed E-state index contributed by atoms with van der Waals surface area (Å²) in [4.78, 5) is 27.3.